The van der Waals surface area contributed by atoms with Crippen LogP contribution in [-0.4, -0.2) is 29.0 Å². The van der Waals surface area contributed by atoms with Crippen LogP contribution in [0.2, 0.25) is 0 Å². The summed E-state index contributed by atoms with van der Waals surface area (Å²) in [6.07, 6.45) is 5.22. The maximum atomic E-state index is 11.9. The van der Waals surface area contributed by atoms with Crippen LogP contribution in [0.1, 0.15) is 29.5 Å². The molecule has 0 saturated carbocycles. The molecule has 5 nitrogen and oxygen atoms in total. The fraction of sp³-hybridized carbons (Fsp3) is 0.333. The lowest BCUT2D eigenvalue weighted by atomic mass is 10.2. The van der Waals surface area contributed by atoms with Crippen LogP contribution >= 0.6 is 0 Å². The lowest BCUT2D eigenvalue weighted by Crippen LogP contribution is -2.24. The molecule has 1 heterocycles. The van der Waals surface area contributed by atoms with E-state index in [2.05, 4.69) is 15.3 Å². The number of H-pyrrole nitrogens is 1. The minimum Gasteiger partial charge on any atom is -0.494 e. The predicted molar refractivity (Wildman–Crippen MR) is 76.9 cm³/mol. The zero-order chi connectivity index (χ0) is 14.2. The maximum Gasteiger partial charge on any atom is 0.251 e. The van der Waals surface area contributed by atoms with Crippen LogP contribution in [0.15, 0.2) is 36.7 Å². The van der Waals surface area contributed by atoms with E-state index in [1.165, 1.54) is 0 Å². The van der Waals surface area contributed by atoms with Crippen LogP contribution in [0.25, 0.3) is 0 Å². The van der Waals surface area contributed by atoms with E-state index in [4.69, 9.17) is 4.74 Å². The second-order valence-electron chi connectivity index (χ2n) is 4.35. The molecule has 0 spiro atoms. The highest BCUT2D eigenvalue weighted by atomic mass is 16.5. The highest BCUT2D eigenvalue weighted by Gasteiger charge is 2.05. The van der Waals surface area contributed by atoms with Gasteiger partial charge < -0.3 is 15.0 Å². The summed E-state index contributed by atoms with van der Waals surface area (Å²) >= 11 is 0. The molecule has 0 aliphatic heterocycles. The molecule has 2 rings (SSSR count). The molecule has 1 aromatic carbocycles. The SMILES string of the molecule is CCOc1ccc(C(=O)NCCCc2ncc[nH]2)cc1. The Morgan fingerprint density at radius 3 is 2.80 bits per heavy atom. The first kappa shape index (κ1) is 14.1. The monoisotopic (exact) mass is 273 g/mol. The number of ether oxygens (including phenoxy) is 1. The van der Waals surface area contributed by atoms with Crippen molar-refractivity contribution in [2.75, 3.05) is 13.2 Å². The second-order valence-corrected chi connectivity index (χ2v) is 4.35. The Hall–Kier alpha value is -2.30. The summed E-state index contributed by atoms with van der Waals surface area (Å²) in [7, 11) is 0. The molecule has 0 bridgehead atoms. The van der Waals surface area contributed by atoms with Crippen molar-refractivity contribution in [3.8, 4) is 5.75 Å². The summed E-state index contributed by atoms with van der Waals surface area (Å²) < 4.78 is 5.34. The Kier molecular flexibility index (Phi) is 5.17. The number of nitrogens with one attached hydrogen (secondary N) is 2. The number of hydrogen-bond acceptors (Lipinski definition) is 3. The van der Waals surface area contributed by atoms with Gasteiger partial charge in [-0.15, -0.1) is 0 Å². The molecule has 0 aliphatic rings. The van der Waals surface area contributed by atoms with Gasteiger partial charge in [0.05, 0.1) is 6.61 Å². The first-order chi connectivity index (χ1) is 9.79. The Balaban J connectivity index is 1.73. The van der Waals surface area contributed by atoms with Crippen molar-refractivity contribution in [2.45, 2.75) is 19.8 Å². The zero-order valence-corrected chi connectivity index (χ0v) is 11.6. The molecule has 0 radical (unpaired) electrons. The molecule has 106 valence electrons. The molecule has 1 aromatic heterocycles. The predicted octanol–water partition coefficient (Wildman–Crippen LogP) is 2.17. The minimum absolute atomic E-state index is 0.0625. The molecule has 0 saturated heterocycles. The van der Waals surface area contributed by atoms with Crippen LogP contribution in [0.3, 0.4) is 0 Å². The van der Waals surface area contributed by atoms with E-state index in [0.717, 1.165) is 24.4 Å². The van der Waals surface area contributed by atoms with Crippen molar-refractivity contribution in [2.24, 2.45) is 0 Å². The molecule has 20 heavy (non-hydrogen) atoms. The number of carbonyl (C=O) groups is 1. The van der Waals surface area contributed by atoms with Crippen molar-refractivity contribution < 1.29 is 9.53 Å². The summed E-state index contributed by atoms with van der Waals surface area (Å²) in [5.41, 5.74) is 0.645. The zero-order valence-electron chi connectivity index (χ0n) is 11.6. The van der Waals surface area contributed by atoms with E-state index in [0.29, 0.717) is 18.7 Å². The Morgan fingerprint density at radius 1 is 1.35 bits per heavy atom. The number of nitrogens with zero attached hydrogens (tertiary/aromatic N) is 1. The van der Waals surface area contributed by atoms with E-state index >= 15 is 0 Å². The van der Waals surface area contributed by atoms with Crippen LogP contribution in [0, 0.1) is 0 Å². The van der Waals surface area contributed by atoms with Crippen LogP contribution < -0.4 is 10.1 Å². The summed E-state index contributed by atoms with van der Waals surface area (Å²) in [6, 6.07) is 7.15. The van der Waals surface area contributed by atoms with Gasteiger partial charge in [0.1, 0.15) is 11.6 Å². The van der Waals surface area contributed by atoms with Gasteiger partial charge in [0.25, 0.3) is 5.91 Å². The topological polar surface area (TPSA) is 67.0 Å². The van der Waals surface area contributed by atoms with Crippen molar-refractivity contribution in [1.82, 2.24) is 15.3 Å². The van der Waals surface area contributed by atoms with Gasteiger partial charge in [0, 0.05) is 30.9 Å². The van der Waals surface area contributed by atoms with Gasteiger partial charge in [-0.1, -0.05) is 0 Å². The van der Waals surface area contributed by atoms with Gasteiger partial charge >= 0.3 is 0 Å². The fourth-order valence-corrected chi connectivity index (χ4v) is 1.86. The number of aryl methyl sites for hydroxylation is 1. The van der Waals surface area contributed by atoms with Gasteiger partial charge in [0.15, 0.2) is 0 Å². The number of benzene rings is 1. The Labute approximate surface area is 118 Å². The van der Waals surface area contributed by atoms with E-state index in [-0.39, 0.29) is 5.91 Å². The average molecular weight is 273 g/mol. The van der Waals surface area contributed by atoms with Crippen LogP contribution in [-0.2, 0) is 6.42 Å². The molecule has 2 aromatic rings. The average Bonchev–Trinajstić information content (AvgIpc) is 2.98. The normalized spacial score (nSPS) is 10.2. The number of aromatic nitrogens is 2. The molecule has 1 amide bonds. The number of imidazole rings is 1. The van der Waals surface area contributed by atoms with Crippen molar-refractivity contribution in [3.63, 3.8) is 0 Å². The summed E-state index contributed by atoms with van der Waals surface area (Å²) in [6.45, 7) is 3.19. The van der Waals surface area contributed by atoms with Gasteiger partial charge in [-0.3, -0.25) is 4.79 Å². The van der Waals surface area contributed by atoms with Crippen LogP contribution in [0.5, 0.6) is 5.75 Å². The Morgan fingerprint density at radius 2 is 2.15 bits per heavy atom. The smallest absolute Gasteiger partial charge is 0.251 e. The first-order valence-corrected chi connectivity index (χ1v) is 6.79. The largest absolute Gasteiger partial charge is 0.494 e. The molecule has 0 atom stereocenters. The molecular weight excluding hydrogens is 254 g/mol. The van der Waals surface area contributed by atoms with Gasteiger partial charge in [-0.25, -0.2) is 4.98 Å². The lowest BCUT2D eigenvalue weighted by molar-refractivity contribution is 0.0953. The van der Waals surface area contributed by atoms with Gasteiger partial charge in [-0.05, 0) is 37.6 Å². The first-order valence-electron chi connectivity index (χ1n) is 6.79. The van der Waals surface area contributed by atoms with Crippen molar-refractivity contribution >= 4 is 5.91 Å². The Bertz CT molecular complexity index is 521. The van der Waals surface area contributed by atoms with Gasteiger partial charge in [-0.2, -0.15) is 0 Å². The van der Waals surface area contributed by atoms with Crippen molar-refractivity contribution in [3.05, 3.63) is 48.0 Å². The number of amides is 1. The maximum absolute atomic E-state index is 11.9. The quantitative estimate of drug-likeness (QED) is 0.760. The van der Waals surface area contributed by atoms with Crippen LogP contribution in [0.4, 0.5) is 0 Å². The number of aromatic amines is 1. The molecule has 0 aliphatic carbocycles. The molecule has 2 N–H and O–H groups in total. The molecule has 0 unspecified atom stereocenters. The summed E-state index contributed by atoms with van der Waals surface area (Å²) in [4.78, 5) is 19.1. The fourth-order valence-electron chi connectivity index (χ4n) is 1.86. The molecular formula is C15H19N3O2. The highest BCUT2D eigenvalue weighted by Crippen LogP contribution is 2.11. The second kappa shape index (κ2) is 7.33. The molecule has 0 fully saturated rings. The minimum atomic E-state index is -0.0625. The van der Waals surface area contributed by atoms with E-state index in [9.17, 15) is 4.79 Å². The third-order valence-corrected chi connectivity index (χ3v) is 2.86. The summed E-state index contributed by atoms with van der Waals surface area (Å²) in [5.74, 6) is 1.66. The highest BCUT2D eigenvalue weighted by molar-refractivity contribution is 5.94. The lowest BCUT2D eigenvalue weighted by Gasteiger charge is -2.06. The van der Waals surface area contributed by atoms with Crippen molar-refractivity contribution in [1.29, 1.82) is 0 Å². The number of hydrogen-bond donors (Lipinski definition) is 2. The van der Waals surface area contributed by atoms with E-state index in [1.54, 1.807) is 36.7 Å². The van der Waals surface area contributed by atoms with E-state index in [1.807, 2.05) is 6.92 Å². The van der Waals surface area contributed by atoms with E-state index < -0.39 is 0 Å². The summed E-state index contributed by atoms with van der Waals surface area (Å²) in [5, 5.41) is 2.89. The third-order valence-electron chi connectivity index (χ3n) is 2.86. The van der Waals surface area contributed by atoms with Gasteiger partial charge in [0.2, 0.25) is 0 Å². The number of carbonyl (C=O) groups excluding carboxylic acids is 1. The number of rotatable bonds is 7. The standard InChI is InChI=1S/C15H19N3O2/c1-2-20-13-7-5-12(6-8-13)15(19)18-9-3-4-14-16-10-11-17-14/h5-8,10-11H,2-4,9H2,1H3,(H,16,17)(H,18,19). The third kappa shape index (κ3) is 4.12. The molecule has 5 heteroatoms.